The van der Waals surface area contributed by atoms with Crippen molar-refractivity contribution in [1.29, 1.82) is 0 Å². The lowest BCUT2D eigenvalue weighted by Gasteiger charge is -2.33. The molecule has 1 N–H and O–H groups in total. The van der Waals surface area contributed by atoms with E-state index in [9.17, 15) is 18.0 Å². The van der Waals surface area contributed by atoms with Crippen molar-refractivity contribution < 1.29 is 27.5 Å². The number of hydrogen-bond acceptors (Lipinski definition) is 6. The van der Waals surface area contributed by atoms with Crippen molar-refractivity contribution in [3.05, 3.63) is 54.1 Å². The van der Waals surface area contributed by atoms with E-state index in [4.69, 9.17) is 4.74 Å². The molecular formula is C24H30N2O6S. The molecule has 1 fully saturated rings. The quantitative estimate of drug-likeness (QED) is 0.554. The van der Waals surface area contributed by atoms with E-state index in [-0.39, 0.29) is 17.5 Å². The Balaban J connectivity index is 1.78. The molecule has 0 unspecified atom stereocenters. The summed E-state index contributed by atoms with van der Waals surface area (Å²) >= 11 is 0. The SMILES string of the molecule is CCOc1ccc(S(=O)(=O)N(CC(=O)Nc2ccc(C(=O)OC)cc2)C2CCCCC2)cc1. The zero-order valence-electron chi connectivity index (χ0n) is 19.0. The fraction of sp³-hybridized carbons (Fsp3) is 0.417. The number of rotatable bonds is 9. The number of nitrogens with one attached hydrogen (secondary N) is 1. The van der Waals surface area contributed by atoms with Crippen molar-refractivity contribution in [3.63, 3.8) is 0 Å². The molecule has 8 nitrogen and oxygen atoms in total. The predicted molar refractivity (Wildman–Crippen MR) is 125 cm³/mol. The molecule has 3 rings (SSSR count). The van der Waals surface area contributed by atoms with E-state index < -0.39 is 21.9 Å². The van der Waals surface area contributed by atoms with Crippen LogP contribution in [0.5, 0.6) is 5.75 Å². The summed E-state index contributed by atoms with van der Waals surface area (Å²) in [5.74, 6) is -0.326. The minimum Gasteiger partial charge on any atom is -0.494 e. The van der Waals surface area contributed by atoms with E-state index in [1.165, 1.54) is 35.7 Å². The highest BCUT2D eigenvalue weighted by Crippen LogP contribution is 2.28. The normalized spacial score (nSPS) is 14.6. The monoisotopic (exact) mass is 474 g/mol. The van der Waals surface area contributed by atoms with Crippen LogP contribution in [0, 0.1) is 0 Å². The third-order valence-electron chi connectivity index (χ3n) is 5.61. The second kappa shape index (κ2) is 11.3. The summed E-state index contributed by atoms with van der Waals surface area (Å²) in [7, 11) is -2.59. The fourth-order valence-corrected chi connectivity index (χ4v) is 5.58. The number of carbonyl (C=O) groups excluding carboxylic acids is 2. The average molecular weight is 475 g/mol. The highest BCUT2D eigenvalue weighted by atomic mass is 32.2. The van der Waals surface area contributed by atoms with Crippen LogP contribution in [-0.2, 0) is 19.6 Å². The largest absolute Gasteiger partial charge is 0.494 e. The molecule has 1 aliphatic carbocycles. The number of hydrogen-bond donors (Lipinski definition) is 1. The molecular weight excluding hydrogens is 444 g/mol. The van der Waals surface area contributed by atoms with E-state index >= 15 is 0 Å². The van der Waals surface area contributed by atoms with Gasteiger partial charge in [0.25, 0.3) is 0 Å². The molecule has 178 valence electrons. The lowest BCUT2D eigenvalue weighted by Crippen LogP contribution is -2.45. The van der Waals surface area contributed by atoms with Crippen LogP contribution < -0.4 is 10.1 Å². The third kappa shape index (κ3) is 6.33. The van der Waals surface area contributed by atoms with Gasteiger partial charge in [-0.3, -0.25) is 4.79 Å². The Morgan fingerprint density at radius 2 is 1.64 bits per heavy atom. The Hall–Kier alpha value is -2.91. The van der Waals surface area contributed by atoms with E-state index in [0.29, 0.717) is 23.6 Å². The van der Waals surface area contributed by atoms with Crippen LogP contribution in [0.3, 0.4) is 0 Å². The van der Waals surface area contributed by atoms with Crippen LogP contribution in [0.25, 0.3) is 0 Å². The van der Waals surface area contributed by atoms with Crippen molar-refractivity contribution in [1.82, 2.24) is 4.31 Å². The lowest BCUT2D eigenvalue weighted by atomic mass is 9.95. The summed E-state index contributed by atoms with van der Waals surface area (Å²) in [5, 5.41) is 2.73. The summed E-state index contributed by atoms with van der Waals surface area (Å²) in [6.45, 7) is 2.05. The van der Waals surface area contributed by atoms with Crippen molar-refractivity contribution in [3.8, 4) is 5.75 Å². The zero-order valence-corrected chi connectivity index (χ0v) is 19.8. The summed E-state index contributed by atoms with van der Waals surface area (Å²) in [5.41, 5.74) is 0.826. The highest BCUT2D eigenvalue weighted by molar-refractivity contribution is 7.89. The Morgan fingerprint density at radius 3 is 2.21 bits per heavy atom. The number of amides is 1. The van der Waals surface area contributed by atoms with Crippen molar-refractivity contribution in [2.24, 2.45) is 0 Å². The number of methoxy groups -OCH3 is 1. The first-order valence-electron chi connectivity index (χ1n) is 11.1. The van der Waals surface area contributed by atoms with Gasteiger partial charge in [0, 0.05) is 11.7 Å². The summed E-state index contributed by atoms with van der Waals surface area (Å²) < 4.78 is 38.4. The van der Waals surface area contributed by atoms with Crippen molar-refractivity contribution >= 4 is 27.6 Å². The standard InChI is InChI=1S/C24H30N2O6S/c1-3-32-21-13-15-22(16-14-21)33(29,30)26(20-7-5-4-6-8-20)17-23(27)25-19-11-9-18(10-12-19)24(28)31-2/h9-16,20H,3-8,17H2,1-2H3,(H,25,27). The maximum Gasteiger partial charge on any atom is 0.337 e. The van der Waals surface area contributed by atoms with Crippen molar-refractivity contribution in [2.75, 3.05) is 25.6 Å². The second-order valence-electron chi connectivity index (χ2n) is 7.86. The number of carbonyl (C=O) groups is 2. The van der Waals surface area contributed by atoms with Gasteiger partial charge >= 0.3 is 5.97 Å². The molecule has 1 saturated carbocycles. The fourth-order valence-electron chi connectivity index (χ4n) is 3.94. The summed E-state index contributed by atoms with van der Waals surface area (Å²) in [4.78, 5) is 24.5. The minimum atomic E-state index is -3.89. The van der Waals surface area contributed by atoms with Gasteiger partial charge in [-0.2, -0.15) is 4.31 Å². The first-order valence-corrected chi connectivity index (χ1v) is 12.5. The number of ether oxygens (including phenoxy) is 2. The third-order valence-corrected chi connectivity index (χ3v) is 7.53. The average Bonchev–Trinajstić information content (AvgIpc) is 2.83. The van der Waals surface area contributed by atoms with E-state index in [1.54, 1.807) is 24.3 Å². The zero-order chi connectivity index (χ0) is 23.8. The van der Waals surface area contributed by atoms with Gasteiger partial charge in [0.1, 0.15) is 5.75 Å². The van der Waals surface area contributed by atoms with Gasteiger partial charge in [0.2, 0.25) is 15.9 Å². The van der Waals surface area contributed by atoms with Crippen LogP contribution in [0.2, 0.25) is 0 Å². The first kappa shape index (κ1) is 24.7. The molecule has 33 heavy (non-hydrogen) atoms. The van der Waals surface area contributed by atoms with E-state index in [0.717, 1.165) is 32.1 Å². The number of sulfonamides is 1. The molecule has 2 aromatic carbocycles. The predicted octanol–water partition coefficient (Wildman–Crippen LogP) is 3.83. The topological polar surface area (TPSA) is 102 Å². The molecule has 0 heterocycles. The Kier molecular flexibility index (Phi) is 8.46. The maximum atomic E-state index is 13.5. The number of nitrogens with zero attached hydrogens (tertiary/aromatic N) is 1. The Morgan fingerprint density at radius 1 is 1.00 bits per heavy atom. The molecule has 0 saturated heterocycles. The smallest absolute Gasteiger partial charge is 0.337 e. The maximum absolute atomic E-state index is 13.5. The van der Waals surface area contributed by atoms with Crippen LogP contribution in [0.15, 0.2) is 53.4 Å². The van der Waals surface area contributed by atoms with Crippen molar-refractivity contribution in [2.45, 2.75) is 50.0 Å². The van der Waals surface area contributed by atoms with E-state index in [1.807, 2.05) is 6.92 Å². The molecule has 2 aromatic rings. The second-order valence-corrected chi connectivity index (χ2v) is 9.75. The number of benzene rings is 2. The van der Waals surface area contributed by atoms with Gasteiger partial charge in [-0.05, 0) is 68.3 Å². The molecule has 0 aliphatic heterocycles. The van der Waals surface area contributed by atoms with Crippen LogP contribution in [-0.4, -0.2) is 50.9 Å². The van der Waals surface area contributed by atoms with Gasteiger partial charge in [-0.25, -0.2) is 13.2 Å². The lowest BCUT2D eigenvalue weighted by molar-refractivity contribution is -0.116. The van der Waals surface area contributed by atoms with E-state index in [2.05, 4.69) is 10.1 Å². The molecule has 0 atom stereocenters. The summed E-state index contributed by atoms with van der Waals surface area (Å²) in [6, 6.07) is 12.3. The molecule has 0 bridgehead atoms. The first-order chi connectivity index (χ1) is 15.8. The van der Waals surface area contributed by atoms with Gasteiger partial charge in [0.05, 0.1) is 30.7 Å². The molecule has 0 aromatic heterocycles. The number of esters is 1. The van der Waals surface area contributed by atoms with Gasteiger partial charge in [0.15, 0.2) is 0 Å². The molecule has 1 amide bonds. The molecule has 9 heteroatoms. The highest BCUT2D eigenvalue weighted by Gasteiger charge is 2.34. The minimum absolute atomic E-state index is 0.131. The van der Waals surface area contributed by atoms with Gasteiger partial charge in [-0.15, -0.1) is 0 Å². The van der Waals surface area contributed by atoms with Crippen LogP contribution in [0.4, 0.5) is 5.69 Å². The summed E-state index contributed by atoms with van der Waals surface area (Å²) in [6.07, 6.45) is 4.36. The van der Waals surface area contributed by atoms with Gasteiger partial charge in [-0.1, -0.05) is 19.3 Å². The van der Waals surface area contributed by atoms with Crippen LogP contribution in [0.1, 0.15) is 49.4 Å². The Bertz CT molecular complexity index is 1050. The van der Waals surface area contributed by atoms with Crippen LogP contribution >= 0.6 is 0 Å². The van der Waals surface area contributed by atoms with Gasteiger partial charge < -0.3 is 14.8 Å². The molecule has 0 radical (unpaired) electrons. The molecule has 0 spiro atoms. The number of anilines is 1. The molecule has 1 aliphatic rings. The Labute approximate surface area is 194 Å².